The summed E-state index contributed by atoms with van der Waals surface area (Å²) in [5.41, 5.74) is 7.55. The predicted octanol–water partition coefficient (Wildman–Crippen LogP) is 0.406. The summed E-state index contributed by atoms with van der Waals surface area (Å²) >= 11 is 1.44. The van der Waals surface area contributed by atoms with Gasteiger partial charge in [0, 0.05) is 49.5 Å². The van der Waals surface area contributed by atoms with Crippen molar-refractivity contribution in [1.82, 2.24) is 30.0 Å². The van der Waals surface area contributed by atoms with Gasteiger partial charge in [-0.15, -0.1) is 0 Å². The van der Waals surface area contributed by atoms with Crippen molar-refractivity contribution in [3.63, 3.8) is 0 Å². The lowest BCUT2D eigenvalue weighted by atomic mass is 9.77. The Balaban J connectivity index is 1.75. The number of rotatable bonds is 5. The van der Waals surface area contributed by atoms with E-state index in [4.69, 9.17) is 10.7 Å². The van der Waals surface area contributed by atoms with Crippen LogP contribution in [0.25, 0.3) is 0 Å². The number of H-pyrrole nitrogens is 1. The summed E-state index contributed by atoms with van der Waals surface area (Å²) in [4.78, 5) is 37.8. The summed E-state index contributed by atoms with van der Waals surface area (Å²) in [6, 6.07) is 1.92. The molecule has 9 nitrogen and oxygen atoms in total. The number of amides is 1. The lowest BCUT2D eigenvalue weighted by Crippen LogP contribution is -2.53. The van der Waals surface area contributed by atoms with E-state index >= 15 is 0 Å². The first kappa shape index (κ1) is 18.6. The van der Waals surface area contributed by atoms with Crippen molar-refractivity contribution >= 4 is 24.0 Å². The van der Waals surface area contributed by atoms with Crippen molar-refractivity contribution in [3.05, 3.63) is 47.3 Å². The van der Waals surface area contributed by atoms with E-state index in [2.05, 4.69) is 20.1 Å². The molecule has 1 atom stereocenters. The number of thioether (sulfide) groups is 1. The van der Waals surface area contributed by atoms with Crippen LogP contribution in [-0.4, -0.2) is 61.5 Å². The lowest BCUT2D eigenvalue weighted by Gasteiger charge is -2.39. The zero-order valence-corrected chi connectivity index (χ0v) is 16.3. The van der Waals surface area contributed by atoms with Gasteiger partial charge in [-0.25, -0.2) is 9.97 Å². The summed E-state index contributed by atoms with van der Waals surface area (Å²) in [5.74, 6) is -0.137. The van der Waals surface area contributed by atoms with Crippen LogP contribution in [0.5, 0.6) is 0 Å². The highest BCUT2D eigenvalue weighted by molar-refractivity contribution is 7.98. The first-order valence-corrected chi connectivity index (χ1v) is 10.1. The number of hydrogen-bond donors (Lipinski definition) is 2. The Bertz CT molecular complexity index is 930. The van der Waals surface area contributed by atoms with Gasteiger partial charge in [0.25, 0.3) is 0 Å². The minimum absolute atomic E-state index is 0.137. The molecule has 0 saturated carbocycles. The largest absolute Gasteiger partial charge is 0.403 e. The third kappa shape index (κ3) is 2.98. The molecule has 1 spiro atoms. The fourth-order valence-electron chi connectivity index (χ4n) is 4.03. The van der Waals surface area contributed by atoms with Crippen LogP contribution < -0.4 is 5.73 Å². The van der Waals surface area contributed by atoms with E-state index in [0.29, 0.717) is 31.0 Å². The SMILES string of the molecule is CSc1ncc2c(n1)C1(CCN(Cc3ccn[nH]3)C1)C(=O)N(C(C=O)=CN)C2. The zero-order chi connectivity index (χ0) is 19.7. The Hall–Kier alpha value is -2.72. The van der Waals surface area contributed by atoms with Crippen LogP contribution in [0.15, 0.2) is 35.5 Å². The van der Waals surface area contributed by atoms with Gasteiger partial charge in [-0.05, 0) is 18.7 Å². The van der Waals surface area contributed by atoms with E-state index in [9.17, 15) is 9.59 Å². The van der Waals surface area contributed by atoms with Gasteiger partial charge >= 0.3 is 0 Å². The van der Waals surface area contributed by atoms with Gasteiger partial charge in [0.1, 0.15) is 5.41 Å². The van der Waals surface area contributed by atoms with Crippen LogP contribution in [0.2, 0.25) is 0 Å². The first-order valence-electron chi connectivity index (χ1n) is 8.91. The van der Waals surface area contributed by atoms with Crippen LogP contribution in [0, 0.1) is 0 Å². The summed E-state index contributed by atoms with van der Waals surface area (Å²) in [7, 11) is 0. The molecule has 1 fully saturated rings. The molecule has 3 N–H and O–H groups in total. The number of aromatic nitrogens is 4. The van der Waals surface area contributed by atoms with Crippen molar-refractivity contribution in [1.29, 1.82) is 0 Å². The minimum atomic E-state index is -0.821. The van der Waals surface area contributed by atoms with Crippen LogP contribution >= 0.6 is 11.8 Å². The van der Waals surface area contributed by atoms with Crippen molar-refractivity contribution in [3.8, 4) is 0 Å². The summed E-state index contributed by atoms with van der Waals surface area (Å²) in [5, 5.41) is 7.59. The normalized spacial score (nSPS) is 22.7. The summed E-state index contributed by atoms with van der Waals surface area (Å²) in [6.07, 6.45) is 7.79. The molecule has 0 aromatic carbocycles. The molecule has 10 heteroatoms. The van der Waals surface area contributed by atoms with E-state index in [-0.39, 0.29) is 18.1 Å². The Morgan fingerprint density at radius 3 is 3.04 bits per heavy atom. The molecule has 2 aromatic heterocycles. The molecule has 1 saturated heterocycles. The van der Waals surface area contributed by atoms with Gasteiger partial charge in [-0.1, -0.05) is 11.8 Å². The Morgan fingerprint density at radius 2 is 2.36 bits per heavy atom. The van der Waals surface area contributed by atoms with E-state index in [1.807, 2.05) is 12.3 Å². The molecule has 4 rings (SSSR count). The minimum Gasteiger partial charge on any atom is -0.403 e. The Labute approximate surface area is 166 Å². The third-order valence-corrected chi connectivity index (χ3v) is 5.93. The fraction of sp³-hybridized carbons (Fsp3) is 0.389. The van der Waals surface area contributed by atoms with Crippen molar-refractivity contribution < 1.29 is 9.59 Å². The monoisotopic (exact) mass is 399 g/mol. The second-order valence-electron chi connectivity index (χ2n) is 6.96. The highest BCUT2D eigenvalue weighted by Crippen LogP contribution is 2.42. The van der Waals surface area contributed by atoms with Gasteiger partial charge in [-0.3, -0.25) is 19.6 Å². The smallest absolute Gasteiger partial charge is 0.241 e. The lowest BCUT2D eigenvalue weighted by molar-refractivity contribution is -0.138. The zero-order valence-electron chi connectivity index (χ0n) is 15.5. The molecular weight excluding hydrogens is 378 g/mol. The number of nitrogens with one attached hydrogen (secondary N) is 1. The van der Waals surface area contributed by atoms with Gasteiger partial charge in [0.05, 0.1) is 17.9 Å². The molecule has 1 unspecified atom stereocenters. The third-order valence-electron chi connectivity index (χ3n) is 5.37. The second kappa shape index (κ2) is 7.36. The maximum Gasteiger partial charge on any atom is 0.241 e. The van der Waals surface area contributed by atoms with E-state index in [1.165, 1.54) is 22.9 Å². The number of carbonyl (C=O) groups excluding carboxylic acids is 2. The molecular formula is C18H21N7O2S. The van der Waals surface area contributed by atoms with Crippen molar-refractivity contribution in [2.24, 2.45) is 5.73 Å². The average molecular weight is 399 g/mol. The quantitative estimate of drug-likeness (QED) is 0.321. The highest BCUT2D eigenvalue weighted by Gasteiger charge is 2.53. The van der Waals surface area contributed by atoms with Gasteiger partial charge in [0.15, 0.2) is 11.4 Å². The van der Waals surface area contributed by atoms with Crippen molar-refractivity contribution in [2.45, 2.75) is 30.1 Å². The average Bonchev–Trinajstić information content (AvgIpc) is 3.38. The fourth-order valence-corrected chi connectivity index (χ4v) is 4.37. The van der Waals surface area contributed by atoms with Crippen molar-refractivity contribution in [2.75, 3.05) is 19.3 Å². The molecule has 2 aromatic rings. The number of nitrogens with two attached hydrogens (primary N) is 1. The molecule has 1 amide bonds. The molecule has 4 heterocycles. The number of aldehydes is 1. The Kier molecular flexibility index (Phi) is 4.90. The van der Waals surface area contributed by atoms with Gasteiger partial charge < -0.3 is 10.6 Å². The maximum atomic E-state index is 13.6. The first-order chi connectivity index (χ1) is 13.6. The molecule has 0 radical (unpaired) electrons. The standard InChI is InChI=1S/C18H21N7O2S/c1-28-17-20-7-12-8-25(14(6-19)10-26)16(27)18(15(12)22-17)3-5-24(11-18)9-13-2-4-21-23-13/h2,4,6-7,10H,3,5,8-9,11,19H2,1H3,(H,21,23). The Morgan fingerprint density at radius 1 is 1.50 bits per heavy atom. The number of aromatic amines is 1. The predicted molar refractivity (Wildman–Crippen MR) is 103 cm³/mol. The van der Waals surface area contributed by atoms with Gasteiger partial charge in [0.2, 0.25) is 5.91 Å². The van der Waals surface area contributed by atoms with Crippen LogP contribution in [-0.2, 0) is 28.1 Å². The molecule has 0 bridgehead atoms. The molecule has 0 aliphatic carbocycles. The maximum absolute atomic E-state index is 13.6. The van der Waals surface area contributed by atoms with Crippen LogP contribution in [0.1, 0.15) is 23.4 Å². The highest BCUT2D eigenvalue weighted by atomic mass is 32.2. The summed E-state index contributed by atoms with van der Waals surface area (Å²) < 4.78 is 0. The van der Waals surface area contributed by atoms with Crippen LogP contribution in [0.4, 0.5) is 0 Å². The number of hydrogen-bond acceptors (Lipinski definition) is 8. The number of allylic oxidation sites excluding steroid dienone is 1. The summed E-state index contributed by atoms with van der Waals surface area (Å²) in [6.45, 7) is 2.15. The molecule has 2 aliphatic heterocycles. The van der Waals surface area contributed by atoms with E-state index in [0.717, 1.165) is 23.5 Å². The second-order valence-corrected chi connectivity index (χ2v) is 7.73. The molecule has 28 heavy (non-hydrogen) atoms. The number of likely N-dealkylation sites (tertiary alicyclic amines) is 1. The van der Waals surface area contributed by atoms with E-state index in [1.54, 1.807) is 12.4 Å². The topological polar surface area (TPSA) is 121 Å². The number of carbonyl (C=O) groups is 2. The number of nitrogens with zero attached hydrogens (tertiary/aromatic N) is 5. The molecule has 2 aliphatic rings. The van der Waals surface area contributed by atoms with Crippen LogP contribution in [0.3, 0.4) is 0 Å². The number of fused-ring (bicyclic) bond motifs is 2. The van der Waals surface area contributed by atoms with E-state index < -0.39 is 5.41 Å². The molecule has 146 valence electrons. The van der Waals surface area contributed by atoms with Gasteiger partial charge in [-0.2, -0.15) is 5.10 Å².